The molecule has 0 radical (unpaired) electrons. The van der Waals surface area contributed by atoms with Gasteiger partial charge in [0.15, 0.2) is 0 Å². The average molecular weight is 826 g/mol. The van der Waals surface area contributed by atoms with Gasteiger partial charge in [-0.3, -0.25) is 24.7 Å². The molecule has 13 nitrogen and oxygen atoms in total. The van der Waals surface area contributed by atoms with Gasteiger partial charge in [0.05, 0.1) is 29.0 Å². The van der Waals surface area contributed by atoms with Crippen LogP contribution in [0.15, 0.2) is 91.4 Å². The van der Waals surface area contributed by atoms with Crippen LogP contribution in [0.4, 0.5) is 5.69 Å². The lowest BCUT2D eigenvalue weighted by Gasteiger charge is -2.40. The number of aryl methyl sites for hydroxylation is 1. The molecule has 6 heterocycles. The van der Waals surface area contributed by atoms with Crippen molar-refractivity contribution in [2.24, 2.45) is 7.05 Å². The van der Waals surface area contributed by atoms with Gasteiger partial charge < -0.3 is 28.6 Å². The van der Waals surface area contributed by atoms with Crippen molar-refractivity contribution in [2.45, 2.75) is 69.4 Å². The van der Waals surface area contributed by atoms with Crippen LogP contribution in [0.5, 0.6) is 11.6 Å². The molecule has 0 spiro atoms. The van der Waals surface area contributed by atoms with Crippen molar-refractivity contribution >= 4 is 45.2 Å². The Morgan fingerprint density at radius 1 is 0.855 bits per heavy atom. The summed E-state index contributed by atoms with van der Waals surface area (Å²) in [6.45, 7) is 1.94. The van der Waals surface area contributed by atoms with Gasteiger partial charge in [0.2, 0.25) is 17.7 Å². The molecule has 1 saturated carbocycles. The molecule has 6 aromatic rings. The molecule has 10 rings (SSSR count). The number of ether oxygens (including phenoxy) is 3. The van der Waals surface area contributed by atoms with Crippen molar-refractivity contribution in [3.8, 4) is 40.7 Å². The molecule has 0 bridgehead atoms. The molecule has 4 aliphatic rings. The topological polar surface area (TPSA) is 152 Å². The van der Waals surface area contributed by atoms with Crippen LogP contribution in [0.3, 0.4) is 0 Å². The summed E-state index contributed by atoms with van der Waals surface area (Å²) in [4.78, 5) is 49.7. The summed E-state index contributed by atoms with van der Waals surface area (Å²) in [5.74, 6) is 6.45. The quantitative estimate of drug-likeness (QED) is 0.127. The van der Waals surface area contributed by atoms with Crippen molar-refractivity contribution in [1.82, 2.24) is 24.8 Å². The minimum Gasteiger partial charge on any atom is -0.481 e. The molecule has 1 N–H and O–H groups in total. The van der Waals surface area contributed by atoms with Gasteiger partial charge >= 0.3 is 0 Å². The summed E-state index contributed by atoms with van der Waals surface area (Å²) in [5.41, 5.74) is 7.99. The second-order valence-corrected chi connectivity index (χ2v) is 16.4. The summed E-state index contributed by atoms with van der Waals surface area (Å²) in [7, 11) is 2.08. The molecule has 3 amide bonds. The van der Waals surface area contributed by atoms with Crippen LogP contribution in [0.2, 0.25) is 0 Å². The maximum atomic E-state index is 13.0. The summed E-state index contributed by atoms with van der Waals surface area (Å²) >= 11 is 0. The molecule has 1 unspecified atom stereocenters. The van der Waals surface area contributed by atoms with Gasteiger partial charge in [0.25, 0.3) is 5.91 Å². The number of nitrogens with zero attached hydrogens (tertiary/aromatic N) is 6. The number of nitrogens with one attached hydrogen (secondary N) is 1. The van der Waals surface area contributed by atoms with Crippen molar-refractivity contribution in [3.05, 3.63) is 114 Å². The highest BCUT2D eigenvalue weighted by molar-refractivity contribution is 6.08. The predicted molar refractivity (Wildman–Crippen MR) is 231 cm³/mol. The van der Waals surface area contributed by atoms with E-state index in [0.717, 1.165) is 83.1 Å². The number of anilines is 1. The van der Waals surface area contributed by atoms with Gasteiger partial charge in [0.1, 0.15) is 30.6 Å². The standard InChI is InChI=1S/C49H43N7O6/c1-54-42-14-17-51-28-41(42)40-9-6-31(23-45(40)54)33-7-13-47(52-27-33)62-38-24-37(25-38)61-35-15-18-55(19-16-35)44-21-30(4-5-32(44)26-50)3-2-20-60-36-8-10-39-34(22-36)29-56(49(39)59)43-11-12-46(57)53-48(43)58/h4-10,13-14,17,21-23,27-28,35,37-38,43H,11-12,15-16,18-20,24-25,29H2,1H3,(H,53,57,58)/t37-,38-,43?. The highest BCUT2D eigenvalue weighted by Gasteiger charge is 2.39. The Kier molecular flexibility index (Phi) is 10.3. The monoisotopic (exact) mass is 825 g/mol. The number of imide groups is 1. The molecule has 3 aromatic heterocycles. The fourth-order valence-electron chi connectivity index (χ4n) is 9.12. The van der Waals surface area contributed by atoms with Crippen LogP contribution in [0, 0.1) is 23.2 Å². The Morgan fingerprint density at radius 2 is 1.71 bits per heavy atom. The fourth-order valence-corrected chi connectivity index (χ4v) is 9.12. The number of benzene rings is 3. The smallest absolute Gasteiger partial charge is 0.255 e. The number of carbonyl (C=O) groups excluding carboxylic acids is 3. The van der Waals surface area contributed by atoms with Crippen molar-refractivity contribution in [2.75, 3.05) is 24.6 Å². The fraction of sp³-hybridized carbons (Fsp3) is 0.306. The zero-order valence-corrected chi connectivity index (χ0v) is 34.2. The van der Waals surface area contributed by atoms with Gasteiger partial charge in [-0.15, -0.1) is 0 Å². The minimum absolute atomic E-state index is 0.0727. The molecule has 3 aromatic carbocycles. The third-order valence-electron chi connectivity index (χ3n) is 12.5. The number of amides is 3. The number of hydrogen-bond donors (Lipinski definition) is 1. The van der Waals surface area contributed by atoms with E-state index in [2.05, 4.69) is 74.0 Å². The van der Waals surface area contributed by atoms with E-state index in [-0.39, 0.29) is 49.7 Å². The first-order chi connectivity index (χ1) is 30.3. The van der Waals surface area contributed by atoms with E-state index < -0.39 is 11.9 Å². The number of piperidine rings is 2. The molecular formula is C49H43N7O6. The van der Waals surface area contributed by atoms with Crippen molar-refractivity contribution in [3.63, 3.8) is 0 Å². The highest BCUT2D eigenvalue weighted by Crippen LogP contribution is 2.35. The maximum Gasteiger partial charge on any atom is 0.255 e. The van der Waals surface area contributed by atoms with Crippen molar-refractivity contribution in [1.29, 1.82) is 5.26 Å². The molecule has 13 heteroatoms. The number of rotatable bonds is 9. The van der Waals surface area contributed by atoms with E-state index >= 15 is 0 Å². The first-order valence-electron chi connectivity index (χ1n) is 21.1. The average Bonchev–Trinajstić information content (AvgIpc) is 3.76. The van der Waals surface area contributed by atoms with Gasteiger partial charge in [-0.1, -0.05) is 24.0 Å². The van der Waals surface area contributed by atoms with Crippen LogP contribution >= 0.6 is 0 Å². The normalized spacial score (nSPS) is 20.0. The molecule has 3 fully saturated rings. The molecular weight excluding hydrogens is 783 g/mol. The zero-order valence-electron chi connectivity index (χ0n) is 34.2. The Labute approximate surface area is 358 Å². The van der Waals surface area contributed by atoms with E-state index in [1.54, 1.807) is 18.2 Å². The summed E-state index contributed by atoms with van der Waals surface area (Å²) in [6.07, 6.45) is 9.89. The van der Waals surface area contributed by atoms with E-state index in [1.807, 2.05) is 48.9 Å². The lowest BCUT2D eigenvalue weighted by Crippen LogP contribution is -2.52. The number of fused-ring (bicyclic) bond motifs is 4. The Morgan fingerprint density at radius 3 is 2.52 bits per heavy atom. The van der Waals surface area contributed by atoms with Gasteiger partial charge in [-0.25, -0.2) is 4.98 Å². The lowest BCUT2D eigenvalue weighted by atomic mass is 9.91. The van der Waals surface area contributed by atoms with Crippen LogP contribution in [-0.2, 0) is 27.9 Å². The van der Waals surface area contributed by atoms with E-state index in [9.17, 15) is 19.6 Å². The van der Waals surface area contributed by atoms with Gasteiger partial charge in [-0.05, 0) is 85.0 Å². The van der Waals surface area contributed by atoms with E-state index in [1.165, 1.54) is 10.3 Å². The molecule has 62 heavy (non-hydrogen) atoms. The number of hydrogen-bond acceptors (Lipinski definition) is 10. The predicted octanol–water partition coefficient (Wildman–Crippen LogP) is 6.45. The summed E-state index contributed by atoms with van der Waals surface area (Å²) < 4.78 is 20.8. The number of aromatic nitrogens is 3. The second-order valence-electron chi connectivity index (χ2n) is 16.4. The van der Waals surface area contributed by atoms with Crippen LogP contribution in [0.1, 0.15) is 65.6 Å². The Balaban J connectivity index is 0.682. The number of carbonyl (C=O) groups is 3. The van der Waals surface area contributed by atoms with Crippen LogP contribution in [0.25, 0.3) is 32.9 Å². The van der Waals surface area contributed by atoms with Crippen molar-refractivity contribution < 1.29 is 28.6 Å². The Hall–Kier alpha value is -7.22. The molecule has 2 saturated heterocycles. The number of nitriles is 1. The summed E-state index contributed by atoms with van der Waals surface area (Å²) in [5, 5.41) is 14.6. The number of pyridine rings is 2. The second kappa shape index (κ2) is 16.3. The highest BCUT2D eigenvalue weighted by atomic mass is 16.5. The first kappa shape index (κ1) is 38.9. The zero-order chi connectivity index (χ0) is 42.3. The Bertz CT molecular complexity index is 2860. The third kappa shape index (κ3) is 7.56. The van der Waals surface area contributed by atoms with Gasteiger partial charge in [-0.2, -0.15) is 5.26 Å². The molecule has 1 aliphatic carbocycles. The van der Waals surface area contributed by atoms with E-state index in [0.29, 0.717) is 29.2 Å². The molecule has 1 atom stereocenters. The van der Waals surface area contributed by atoms with Crippen LogP contribution in [-0.4, -0.2) is 81.2 Å². The summed E-state index contributed by atoms with van der Waals surface area (Å²) in [6, 6.07) is 25.1. The maximum absolute atomic E-state index is 13.0. The van der Waals surface area contributed by atoms with Crippen LogP contribution < -0.4 is 19.7 Å². The minimum atomic E-state index is -0.667. The third-order valence-corrected chi connectivity index (χ3v) is 12.5. The first-order valence-corrected chi connectivity index (χ1v) is 21.1. The van der Waals surface area contributed by atoms with E-state index in [4.69, 9.17) is 14.2 Å². The molecule has 3 aliphatic heterocycles. The SMILES string of the molecule is Cn1c2ccncc2c2ccc(-c3ccc(O[C@H]4C[C@H](OC5CCN(c6cc(C#CCOc7ccc8c(c7)CN(C7CCC(=O)NC7=O)C8=O)ccc6C#N)CC5)C4)nc3)cc21. The van der Waals surface area contributed by atoms with Gasteiger partial charge in [0, 0.05) is 104 Å². The lowest BCUT2D eigenvalue weighted by molar-refractivity contribution is -0.136. The molecule has 310 valence electrons. The largest absolute Gasteiger partial charge is 0.481 e.